The first-order chi connectivity index (χ1) is 9.81. The van der Waals surface area contributed by atoms with Crippen LogP contribution in [0.25, 0.3) is 0 Å². The molecule has 0 aliphatic carbocycles. The predicted octanol–water partition coefficient (Wildman–Crippen LogP) is 1.04. The Labute approximate surface area is 119 Å². The molecule has 0 saturated carbocycles. The standard InChI is InChI=1S/C15H23N3O2/c16-18-14(9-12-1-5-17-6-2-12)13-3-7-20-15(10-13)4-8-19-11-15/h1-2,5-6,13-14,18H,3-4,7-11,16H2. The second kappa shape index (κ2) is 6.18. The number of rotatable bonds is 4. The van der Waals surface area contributed by atoms with Gasteiger partial charge in [0.25, 0.3) is 0 Å². The zero-order chi connectivity index (χ0) is 13.8. The molecule has 110 valence electrons. The number of nitrogens with zero attached hydrogens (tertiary/aromatic N) is 1. The van der Waals surface area contributed by atoms with E-state index in [4.69, 9.17) is 15.3 Å². The van der Waals surface area contributed by atoms with Crippen molar-refractivity contribution < 1.29 is 9.47 Å². The highest BCUT2D eigenvalue weighted by atomic mass is 16.6. The normalized spacial score (nSPS) is 31.6. The van der Waals surface area contributed by atoms with Gasteiger partial charge in [-0.25, -0.2) is 0 Å². The Hall–Kier alpha value is -1.01. The van der Waals surface area contributed by atoms with E-state index in [1.54, 1.807) is 0 Å². The van der Waals surface area contributed by atoms with Crippen LogP contribution in [0.1, 0.15) is 24.8 Å². The van der Waals surface area contributed by atoms with E-state index in [0.29, 0.717) is 5.92 Å². The lowest BCUT2D eigenvalue weighted by Crippen LogP contribution is -2.50. The maximum Gasteiger partial charge on any atom is 0.0939 e. The minimum atomic E-state index is -0.0593. The van der Waals surface area contributed by atoms with E-state index in [1.165, 1.54) is 5.56 Å². The average Bonchev–Trinajstić information content (AvgIpc) is 2.93. The van der Waals surface area contributed by atoms with Gasteiger partial charge >= 0.3 is 0 Å². The van der Waals surface area contributed by atoms with Crippen LogP contribution in [0.3, 0.4) is 0 Å². The van der Waals surface area contributed by atoms with E-state index in [9.17, 15) is 0 Å². The molecule has 20 heavy (non-hydrogen) atoms. The third-order valence-electron chi connectivity index (χ3n) is 4.59. The third kappa shape index (κ3) is 3.01. The molecule has 1 aromatic heterocycles. The Morgan fingerprint density at radius 1 is 1.40 bits per heavy atom. The maximum atomic E-state index is 6.00. The first-order valence-electron chi connectivity index (χ1n) is 7.38. The number of aromatic nitrogens is 1. The number of nitrogens with one attached hydrogen (secondary N) is 1. The van der Waals surface area contributed by atoms with Gasteiger partial charge in [-0.15, -0.1) is 0 Å². The number of hydrogen-bond donors (Lipinski definition) is 2. The monoisotopic (exact) mass is 277 g/mol. The largest absolute Gasteiger partial charge is 0.378 e. The van der Waals surface area contributed by atoms with Crippen LogP contribution in [0.2, 0.25) is 0 Å². The van der Waals surface area contributed by atoms with Crippen molar-refractivity contribution >= 4 is 0 Å². The first-order valence-corrected chi connectivity index (χ1v) is 7.38. The molecule has 0 bridgehead atoms. The van der Waals surface area contributed by atoms with Crippen molar-refractivity contribution in [3.63, 3.8) is 0 Å². The molecular weight excluding hydrogens is 254 g/mol. The van der Waals surface area contributed by atoms with Gasteiger partial charge in [0.2, 0.25) is 0 Å². The number of ether oxygens (including phenoxy) is 2. The molecule has 5 nitrogen and oxygen atoms in total. The quantitative estimate of drug-likeness (QED) is 0.636. The van der Waals surface area contributed by atoms with E-state index in [0.717, 1.165) is 45.5 Å². The smallest absolute Gasteiger partial charge is 0.0939 e. The minimum Gasteiger partial charge on any atom is -0.378 e. The van der Waals surface area contributed by atoms with Crippen LogP contribution < -0.4 is 11.3 Å². The van der Waals surface area contributed by atoms with Crippen molar-refractivity contribution in [2.24, 2.45) is 11.8 Å². The number of hydrogen-bond acceptors (Lipinski definition) is 5. The average molecular weight is 277 g/mol. The molecule has 2 saturated heterocycles. The second-order valence-electron chi connectivity index (χ2n) is 5.92. The summed E-state index contributed by atoms with van der Waals surface area (Å²) in [6, 6.07) is 4.38. The molecule has 2 aliphatic heterocycles. The van der Waals surface area contributed by atoms with Crippen LogP contribution in [0.4, 0.5) is 0 Å². The van der Waals surface area contributed by atoms with Crippen LogP contribution in [-0.2, 0) is 15.9 Å². The van der Waals surface area contributed by atoms with Gasteiger partial charge in [0.05, 0.1) is 12.2 Å². The Balaban J connectivity index is 1.66. The van der Waals surface area contributed by atoms with Crippen molar-refractivity contribution in [1.29, 1.82) is 0 Å². The Bertz CT molecular complexity index is 420. The summed E-state index contributed by atoms with van der Waals surface area (Å²) < 4.78 is 11.5. The van der Waals surface area contributed by atoms with Crippen molar-refractivity contribution in [1.82, 2.24) is 10.4 Å². The lowest BCUT2D eigenvalue weighted by molar-refractivity contribution is -0.103. The molecule has 1 aromatic rings. The molecule has 3 rings (SSSR count). The first kappa shape index (κ1) is 13.9. The van der Waals surface area contributed by atoms with Crippen LogP contribution in [-0.4, -0.2) is 36.4 Å². The second-order valence-corrected chi connectivity index (χ2v) is 5.92. The van der Waals surface area contributed by atoms with Crippen molar-refractivity contribution in [3.8, 4) is 0 Å². The molecule has 5 heteroatoms. The predicted molar refractivity (Wildman–Crippen MR) is 75.9 cm³/mol. The summed E-state index contributed by atoms with van der Waals surface area (Å²) >= 11 is 0. The van der Waals surface area contributed by atoms with Gasteiger partial charge in [0.15, 0.2) is 0 Å². The molecule has 2 fully saturated rings. The molecule has 0 aromatic carbocycles. The Morgan fingerprint density at radius 2 is 2.25 bits per heavy atom. The molecule has 3 unspecified atom stereocenters. The van der Waals surface area contributed by atoms with Gasteiger partial charge in [-0.2, -0.15) is 0 Å². The molecule has 0 amide bonds. The topological polar surface area (TPSA) is 69.4 Å². The lowest BCUT2D eigenvalue weighted by Gasteiger charge is -2.40. The van der Waals surface area contributed by atoms with Crippen LogP contribution in [0, 0.1) is 5.92 Å². The van der Waals surface area contributed by atoms with Crippen molar-refractivity contribution in [2.45, 2.75) is 37.3 Å². The fourth-order valence-corrected chi connectivity index (χ4v) is 3.41. The number of hydrazine groups is 1. The Kier molecular flexibility index (Phi) is 4.31. The molecule has 3 atom stereocenters. The number of nitrogens with two attached hydrogens (primary N) is 1. The molecule has 2 aliphatic rings. The van der Waals surface area contributed by atoms with Gasteiger partial charge in [-0.1, -0.05) is 0 Å². The summed E-state index contributed by atoms with van der Waals surface area (Å²) in [6.45, 7) is 2.36. The fraction of sp³-hybridized carbons (Fsp3) is 0.667. The molecule has 3 heterocycles. The van der Waals surface area contributed by atoms with Gasteiger partial charge < -0.3 is 9.47 Å². The summed E-state index contributed by atoms with van der Waals surface area (Å²) in [5.41, 5.74) is 4.22. The summed E-state index contributed by atoms with van der Waals surface area (Å²) in [5, 5.41) is 0. The van der Waals surface area contributed by atoms with E-state index >= 15 is 0 Å². The van der Waals surface area contributed by atoms with Gasteiger partial charge in [0, 0.05) is 38.1 Å². The number of pyridine rings is 1. The molecular formula is C15H23N3O2. The summed E-state index contributed by atoms with van der Waals surface area (Å²) in [4.78, 5) is 4.06. The highest BCUT2D eigenvalue weighted by molar-refractivity contribution is 5.12. The summed E-state index contributed by atoms with van der Waals surface area (Å²) in [7, 11) is 0. The van der Waals surface area contributed by atoms with E-state index < -0.39 is 0 Å². The lowest BCUT2D eigenvalue weighted by atomic mass is 9.79. The zero-order valence-electron chi connectivity index (χ0n) is 11.8. The van der Waals surface area contributed by atoms with Crippen LogP contribution in [0.15, 0.2) is 24.5 Å². The van der Waals surface area contributed by atoms with Gasteiger partial charge in [-0.05, 0) is 42.9 Å². The fourth-order valence-electron chi connectivity index (χ4n) is 3.41. The van der Waals surface area contributed by atoms with E-state index in [1.807, 2.05) is 12.4 Å². The highest BCUT2D eigenvalue weighted by Gasteiger charge is 2.42. The van der Waals surface area contributed by atoms with Crippen LogP contribution in [0.5, 0.6) is 0 Å². The third-order valence-corrected chi connectivity index (χ3v) is 4.59. The minimum absolute atomic E-state index is 0.0593. The van der Waals surface area contributed by atoms with Crippen LogP contribution >= 0.6 is 0 Å². The summed E-state index contributed by atoms with van der Waals surface area (Å²) in [5.74, 6) is 6.33. The molecule has 0 radical (unpaired) electrons. The zero-order valence-corrected chi connectivity index (χ0v) is 11.8. The maximum absolute atomic E-state index is 6.00. The molecule has 3 N–H and O–H groups in total. The Morgan fingerprint density at radius 3 is 2.95 bits per heavy atom. The van der Waals surface area contributed by atoms with E-state index in [-0.39, 0.29) is 11.6 Å². The highest BCUT2D eigenvalue weighted by Crippen LogP contribution is 2.37. The van der Waals surface area contributed by atoms with E-state index in [2.05, 4.69) is 22.5 Å². The van der Waals surface area contributed by atoms with Gasteiger partial charge in [0.1, 0.15) is 0 Å². The van der Waals surface area contributed by atoms with Crippen molar-refractivity contribution in [2.75, 3.05) is 19.8 Å². The SMILES string of the molecule is NNC(Cc1ccncc1)C1CCOC2(CCOC2)C1. The molecule has 1 spiro atoms. The van der Waals surface area contributed by atoms with Crippen molar-refractivity contribution in [3.05, 3.63) is 30.1 Å². The van der Waals surface area contributed by atoms with Gasteiger partial charge in [-0.3, -0.25) is 16.3 Å². The summed E-state index contributed by atoms with van der Waals surface area (Å²) in [6.07, 6.45) is 7.70.